The molecule has 0 bridgehead atoms. The van der Waals surface area contributed by atoms with Crippen LogP contribution in [-0.4, -0.2) is 44.7 Å². The Kier molecular flexibility index (Phi) is 27.8. The van der Waals surface area contributed by atoms with Crippen molar-refractivity contribution < 1.29 is 69.7 Å². The van der Waals surface area contributed by atoms with Gasteiger partial charge in [-0.2, -0.15) is 0 Å². The fraction of sp³-hybridized carbons (Fsp3) is 0.909. The fourth-order valence-corrected chi connectivity index (χ4v) is 0.752. The smallest absolute Gasteiger partial charge is 0.311 e. The topological polar surface area (TPSA) is 26.3 Å². The molecular weight excluding hydrogens is 362 g/mol. The van der Waals surface area contributed by atoms with Crippen molar-refractivity contribution in [3.8, 4) is 0 Å². The first-order valence-electron chi connectivity index (χ1n) is 5.45. The normalized spacial score (nSPS) is 9.50. The van der Waals surface area contributed by atoms with E-state index in [1.165, 1.54) is 0 Å². The van der Waals surface area contributed by atoms with Gasteiger partial charge in [0, 0.05) is 51.0 Å². The maximum absolute atomic E-state index is 11.6. The third kappa shape index (κ3) is 20.5. The molecule has 0 aromatic carbocycles. The number of rotatable bonds is 5. The minimum absolute atomic E-state index is 0. The Bertz CT molecular complexity index is 213. The summed E-state index contributed by atoms with van der Waals surface area (Å²) < 4.78 is 38.0. The molecule has 20 heavy (non-hydrogen) atoms. The van der Waals surface area contributed by atoms with Crippen LogP contribution in [0.25, 0.3) is 0 Å². The van der Waals surface area contributed by atoms with Crippen molar-refractivity contribution in [1.29, 1.82) is 0 Å². The van der Waals surface area contributed by atoms with Gasteiger partial charge >= 0.3 is 5.97 Å². The number of halogens is 5. The molecule has 1 radical (unpaired) electrons. The number of carbonyl (C=O) groups is 1. The molecule has 0 heterocycles. The van der Waals surface area contributed by atoms with Crippen molar-refractivity contribution in [2.75, 3.05) is 34.3 Å². The molecule has 0 saturated carbocycles. The van der Waals surface area contributed by atoms with Gasteiger partial charge in [0.25, 0.3) is 0 Å². The van der Waals surface area contributed by atoms with Crippen LogP contribution in [-0.2, 0) is 42.2 Å². The standard InChI is InChI=1S/C11H24NO2.2F2.FH.Y/c1-7-11(2,3)10(13)14-9-8-12(4,5)6;2*1-2;;/h7-9H2,1-6H3;;;1H;/q+1;;;;. The number of esters is 1. The van der Waals surface area contributed by atoms with Gasteiger partial charge in [-0.15, -0.1) is 0 Å². The van der Waals surface area contributed by atoms with E-state index < -0.39 is 0 Å². The van der Waals surface area contributed by atoms with Crippen molar-refractivity contribution in [3.63, 3.8) is 0 Å². The molecule has 0 rings (SSSR count). The van der Waals surface area contributed by atoms with Crippen LogP contribution >= 0.6 is 0 Å². The Labute approximate surface area is 142 Å². The van der Waals surface area contributed by atoms with E-state index in [4.69, 9.17) is 23.0 Å². The number of hydrogen-bond acceptors (Lipinski definition) is 2. The van der Waals surface area contributed by atoms with Crippen LogP contribution in [0.1, 0.15) is 27.2 Å². The van der Waals surface area contributed by atoms with Crippen molar-refractivity contribution in [3.05, 3.63) is 0 Å². The predicted octanol–water partition coefficient (Wildman–Crippen LogP) is 3.50. The number of carbonyl (C=O) groups excluding carboxylic acids is 1. The van der Waals surface area contributed by atoms with Crippen LogP contribution in [0, 0.1) is 5.41 Å². The van der Waals surface area contributed by atoms with Gasteiger partial charge in [-0.25, -0.2) is 0 Å². The van der Waals surface area contributed by atoms with Crippen molar-refractivity contribution in [1.82, 2.24) is 0 Å². The molecule has 0 spiro atoms. The second kappa shape index (κ2) is 17.2. The van der Waals surface area contributed by atoms with E-state index >= 15 is 0 Å². The first-order valence-corrected chi connectivity index (χ1v) is 5.45. The molecule has 0 aliphatic heterocycles. The zero-order valence-electron chi connectivity index (χ0n) is 12.9. The average Bonchev–Trinajstić information content (AvgIpc) is 2.32. The van der Waals surface area contributed by atoms with Gasteiger partial charge in [0.1, 0.15) is 13.2 Å². The molecule has 0 aromatic heterocycles. The molecule has 0 amide bonds. The quantitative estimate of drug-likeness (QED) is 0.410. The maximum atomic E-state index is 11.6. The van der Waals surface area contributed by atoms with Crippen LogP contribution in [0.5, 0.6) is 0 Å². The van der Waals surface area contributed by atoms with E-state index in [2.05, 4.69) is 21.1 Å². The minimum Gasteiger partial charge on any atom is -0.459 e. The molecule has 9 heteroatoms. The van der Waals surface area contributed by atoms with Crippen LogP contribution in [0.2, 0.25) is 0 Å². The number of ether oxygens (including phenoxy) is 1. The first kappa shape index (κ1) is 32.2. The Hall–Kier alpha value is 0.184. The molecule has 0 aromatic rings. The number of nitrogens with zero attached hydrogens (tertiary/aromatic N) is 1. The summed E-state index contributed by atoms with van der Waals surface area (Å²) in [6, 6.07) is 0. The molecule has 0 fully saturated rings. The Balaban J connectivity index is -0.000000114. The molecule has 123 valence electrons. The first-order chi connectivity index (χ1) is 8.19. The summed E-state index contributed by atoms with van der Waals surface area (Å²) in [6.07, 6.45) is 0.816. The molecule has 0 unspecified atom stereocenters. The van der Waals surface area contributed by atoms with Gasteiger partial charge < -0.3 is 9.22 Å². The number of quaternary nitrogens is 1. The fourth-order valence-electron chi connectivity index (χ4n) is 0.752. The predicted molar refractivity (Wildman–Crippen MR) is 64.9 cm³/mol. The summed E-state index contributed by atoms with van der Waals surface area (Å²) in [5.41, 5.74) is -0.342. The summed E-state index contributed by atoms with van der Waals surface area (Å²) in [7, 11) is 6.25. The van der Waals surface area contributed by atoms with Gasteiger partial charge in [0.15, 0.2) is 0 Å². The summed E-state index contributed by atoms with van der Waals surface area (Å²) in [6.45, 7) is 7.20. The number of hydrogen-bond donors (Lipinski definition) is 0. The number of likely N-dealkylation sites (N-methyl/N-ethyl adjacent to an activating group) is 1. The third-order valence-corrected chi connectivity index (χ3v) is 2.43. The van der Waals surface area contributed by atoms with Gasteiger partial charge in [0.05, 0.1) is 26.6 Å². The zero-order valence-corrected chi connectivity index (χ0v) is 15.7. The Morgan fingerprint density at radius 1 is 1.10 bits per heavy atom. The third-order valence-electron chi connectivity index (χ3n) is 2.43. The minimum atomic E-state index is -0.342. The molecular formula is C11H25F5NO2Y+. The summed E-state index contributed by atoms with van der Waals surface area (Å²) in [4.78, 5) is 11.6. The van der Waals surface area contributed by atoms with Gasteiger partial charge in [0.2, 0.25) is 0 Å². The van der Waals surface area contributed by atoms with E-state index in [0.717, 1.165) is 17.4 Å². The van der Waals surface area contributed by atoms with E-state index in [9.17, 15) is 4.79 Å². The van der Waals surface area contributed by atoms with E-state index in [1.807, 2.05) is 20.8 Å². The SMILES string of the molecule is CCC(C)(C)C(=O)OCC[N+](C)(C)C.F.FF.FF.[Y]. The maximum Gasteiger partial charge on any atom is 0.311 e. The average molecular weight is 387 g/mol. The summed E-state index contributed by atoms with van der Waals surface area (Å²) in [5, 5.41) is 0. The van der Waals surface area contributed by atoms with E-state index in [0.29, 0.717) is 6.61 Å². The Morgan fingerprint density at radius 2 is 1.45 bits per heavy atom. The largest absolute Gasteiger partial charge is 0.459 e. The van der Waals surface area contributed by atoms with Gasteiger partial charge in [-0.05, 0) is 20.3 Å². The molecule has 3 nitrogen and oxygen atoms in total. The molecule has 0 atom stereocenters. The van der Waals surface area contributed by atoms with Gasteiger partial charge in [-0.3, -0.25) is 9.50 Å². The van der Waals surface area contributed by atoms with E-state index in [-0.39, 0.29) is 48.8 Å². The summed E-state index contributed by atoms with van der Waals surface area (Å²) in [5.74, 6) is -0.0894. The zero-order chi connectivity index (χ0) is 15.4. The van der Waals surface area contributed by atoms with Crippen LogP contribution in [0.4, 0.5) is 23.0 Å². The second-order valence-corrected chi connectivity index (χ2v) is 5.39. The molecule has 0 N–H and O–H groups in total. The molecule has 0 saturated heterocycles. The van der Waals surface area contributed by atoms with Crippen molar-refractivity contribution in [2.24, 2.45) is 5.41 Å². The van der Waals surface area contributed by atoms with Crippen molar-refractivity contribution in [2.45, 2.75) is 27.2 Å². The van der Waals surface area contributed by atoms with Gasteiger partial charge in [-0.1, -0.05) is 6.92 Å². The van der Waals surface area contributed by atoms with Crippen LogP contribution in [0.15, 0.2) is 0 Å². The second-order valence-electron chi connectivity index (χ2n) is 5.39. The monoisotopic (exact) mass is 387 g/mol. The summed E-state index contributed by atoms with van der Waals surface area (Å²) >= 11 is 0. The van der Waals surface area contributed by atoms with E-state index in [1.54, 1.807) is 0 Å². The van der Waals surface area contributed by atoms with Crippen LogP contribution in [0.3, 0.4) is 0 Å². The van der Waals surface area contributed by atoms with Crippen molar-refractivity contribution >= 4 is 5.97 Å². The van der Waals surface area contributed by atoms with Crippen LogP contribution < -0.4 is 0 Å². The molecule has 0 aliphatic carbocycles. The Morgan fingerprint density at radius 3 is 1.70 bits per heavy atom. The molecule has 0 aliphatic rings.